The van der Waals surface area contributed by atoms with E-state index >= 15 is 0 Å². The van der Waals surface area contributed by atoms with Gasteiger partial charge >= 0.3 is 0 Å². The standard InChI is InChI=1S/C14H18N2O/c17-14-9-15-13-8-4-1-5-11(13)10-16(14)12-6-2-3-7-12/h1,4-5,8,12,15H,2-3,6-7,9-10H2. The quantitative estimate of drug-likeness (QED) is 0.803. The molecule has 1 aliphatic carbocycles. The fraction of sp³-hybridized carbons (Fsp3) is 0.500. The van der Waals surface area contributed by atoms with Gasteiger partial charge in [0, 0.05) is 18.3 Å². The molecule has 0 radical (unpaired) electrons. The Morgan fingerprint density at radius 3 is 2.76 bits per heavy atom. The number of hydrogen-bond acceptors (Lipinski definition) is 2. The number of carbonyl (C=O) groups is 1. The van der Waals surface area contributed by atoms with Crippen molar-refractivity contribution < 1.29 is 4.79 Å². The van der Waals surface area contributed by atoms with E-state index in [1.807, 2.05) is 12.1 Å². The third kappa shape index (κ3) is 2.02. The highest BCUT2D eigenvalue weighted by Gasteiger charge is 2.28. The minimum Gasteiger partial charge on any atom is -0.376 e. The molecule has 0 bridgehead atoms. The van der Waals surface area contributed by atoms with Crippen LogP contribution in [0.1, 0.15) is 31.2 Å². The summed E-state index contributed by atoms with van der Waals surface area (Å²) in [5.74, 6) is 0.244. The van der Waals surface area contributed by atoms with Crippen molar-refractivity contribution in [2.24, 2.45) is 0 Å². The summed E-state index contributed by atoms with van der Waals surface area (Å²) in [4.78, 5) is 14.2. The molecule has 1 amide bonds. The number of carbonyl (C=O) groups excluding carboxylic acids is 1. The van der Waals surface area contributed by atoms with Crippen LogP contribution in [0.25, 0.3) is 0 Å². The van der Waals surface area contributed by atoms with E-state index in [-0.39, 0.29) is 5.91 Å². The summed E-state index contributed by atoms with van der Waals surface area (Å²) in [5, 5.41) is 3.24. The third-order valence-corrected chi connectivity index (χ3v) is 3.87. The third-order valence-electron chi connectivity index (χ3n) is 3.87. The van der Waals surface area contributed by atoms with Gasteiger partial charge in [0.25, 0.3) is 0 Å². The Morgan fingerprint density at radius 1 is 1.18 bits per heavy atom. The molecule has 3 rings (SSSR count). The molecule has 1 aromatic rings. The largest absolute Gasteiger partial charge is 0.376 e. The van der Waals surface area contributed by atoms with Crippen molar-refractivity contribution in [3.8, 4) is 0 Å². The van der Waals surface area contributed by atoms with Crippen molar-refractivity contribution in [1.29, 1.82) is 0 Å². The summed E-state index contributed by atoms with van der Waals surface area (Å²) in [7, 11) is 0. The maximum Gasteiger partial charge on any atom is 0.242 e. The second kappa shape index (κ2) is 4.40. The van der Waals surface area contributed by atoms with Gasteiger partial charge in [-0.3, -0.25) is 4.79 Å². The van der Waals surface area contributed by atoms with Crippen LogP contribution in [0.2, 0.25) is 0 Å². The number of amides is 1. The average Bonchev–Trinajstić information content (AvgIpc) is 2.82. The molecule has 1 saturated carbocycles. The molecule has 1 N–H and O–H groups in total. The predicted octanol–water partition coefficient (Wildman–Crippen LogP) is 2.38. The molecule has 1 aliphatic heterocycles. The van der Waals surface area contributed by atoms with Gasteiger partial charge in [-0.15, -0.1) is 0 Å². The molecule has 3 nitrogen and oxygen atoms in total. The van der Waals surface area contributed by atoms with Gasteiger partial charge in [-0.05, 0) is 24.5 Å². The van der Waals surface area contributed by atoms with Crippen molar-refractivity contribution in [2.75, 3.05) is 11.9 Å². The van der Waals surface area contributed by atoms with Crippen LogP contribution < -0.4 is 5.32 Å². The van der Waals surface area contributed by atoms with E-state index < -0.39 is 0 Å². The SMILES string of the molecule is O=C1CNc2ccccc2CN1C1CCCC1. The monoisotopic (exact) mass is 230 g/mol. The maximum atomic E-state index is 12.1. The molecular formula is C14H18N2O. The first-order valence-corrected chi connectivity index (χ1v) is 6.46. The second-order valence-corrected chi connectivity index (χ2v) is 4.97. The lowest BCUT2D eigenvalue weighted by Crippen LogP contribution is -2.39. The molecule has 0 saturated heterocycles. The van der Waals surface area contributed by atoms with E-state index in [0.29, 0.717) is 12.6 Å². The lowest BCUT2D eigenvalue weighted by atomic mass is 10.1. The Balaban J connectivity index is 1.87. The number of nitrogens with zero attached hydrogens (tertiary/aromatic N) is 1. The molecule has 1 fully saturated rings. The fourth-order valence-corrected chi connectivity index (χ4v) is 2.92. The minimum absolute atomic E-state index is 0.244. The van der Waals surface area contributed by atoms with Crippen molar-refractivity contribution in [1.82, 2.24) is 4.90 Å². The molecule has 0 unspecified atom stereocenters. The lowest BCUT2D eigenvalue weighted by molar-refractivity contribution is -0.132. The topological polar surface area (TPSA) is 32.3 Å². The van der Waals surface area contributed by atoms with Gasteiger partial charge in [-0.2, -0.15) is 0 Å². The Labute approximate surface area is 102 Å². The lowest BCUT2D eigenvalue weighted by Gasteiger charge is -2.27. The average molecular weight is 230 g/mol. The number of anilines is 1. The van der Waals surface area contributed by atoms with Gasteiger partial charge in [0.05, 0.1) is 6.54 Å². The molecular weight excluding hydrogens is 212 g/mol. The van der Waals surface area contributed by atoms with Crippen molar-refractivity contribution in [2.45, 2.75) is 38.3 Å². The summed E-state index contributed by atoms with van der Waals surface area (Å²) in [6, 6.07) is 8.70. The second-order valence-electron chi connectivity index (χ2n) is 4.97. The Morgan fingerprint density at radius 2 is 1.94 bits per heavy atom. The molecule has 3 heteroatoms. The molecule has 17 heavy (non-hydrogen) atoms. The molecule has 0 spiro atoms. The van der Waals surface area contributed by atoms with E-state index in [0.717, 1.165) is 12.2 Å². The van der Waals surface area contributed by atoms with Crippen LogP contribution in [-0.2, 0) is 11.3 Å². The van der Waals surface area contributed by atoms with Gasteiger partial charge in [0.2, 0.25) is 5.91 Å². The zero-order chi connectivity index (χ0) is 11.7. The molecule has 1 aromatic carbocycles. The number of para-hydroxylation sites is 1. The van der Waals surface area contributed by atoms with Crippen LogP contribution >= 0.6 is 0 Å². The van der Waals surface area contributed by atoms with Crippen LogP contribution in [0, 0.1) is 0 Å². The molecule has 2 aliphatic rings. The zero-order valence-corrected chi connectivity index (χ0v) is 9.98. The van der Waals surface area contributed by atoms with Gasteiger partial charge in [-0.1, -0.05) is 31.0 Å². The summed E-state index contributed by atoms with van der Waals surface area (Å²) in [6.45, 7) is 1.21. The van der Waals surface area contributed by atoms with Crippen LogP contribution in [0.3, 0.4) is 0 Å². The summed E-state index contributed by atoms with van der Waals surface area (Å²) >= 11 is 0. The zero-order valence-electron chi connectivity index (χ0n) is 9.98. The fourth-order valence-electron chi connectivity index (χ4n) is 2.92. The summed E-state index contributed by atoms with van der Waals surface area (Å²) in [6.07, 6.45) is 4.88. The molecule has 0 aromatic heterocycles. The van der Waals surface area contributed by atoms with E-state index in [1.54, 1.807) is 0 Å². The minimum atomic E-state index is 0.244. The van der Waals surface area contributed by atoms with Gasteiger partial charge in [0.1, 0.15) is 0 Å². The van der Waals surface area contributed by atoms with Crippen LogP contribution in [0.15, 0.2) is 24.3 Å². The Bertz CT molecular complexity index is 424. The summed E-state index contributed by atoms with van der Waals surface area (Å²) in [5.41, 5.74) is 2.35. The Hall–Kier alpha value is -1.51. The van der Waals surface area contributed by atoms with E-state index in [4.69, 9.17) is 0 Å². The molecule has 1 heterocycles. The van der Waals surface area contributed by atoms with E-state index in [9.17, 15) is 4.79 Å². The first-order chi connectivity index (χ1) is 8.34. The smallest absolute Gasteiger partial charge is 0.242 e. The highest BCUT2D eigenvalue weighted by molar-refractivity contribution is 5.83. The first-order valence-electron chi connectivity index (χ1n) is 6.46. The van der Waals surface area contributed by atoms with Crippen LogP contribution in [-0.4, -0.2) is 23.4 Å². The van der Waals surface area contributed by atoms with E-state index in [1.165, 1.54) is 31.2 Å². The van der Waals surface area contributed by atoms with Crippen LogP contribution in [0.5, 0.6) is 0 Å². The van der Waals surface area contributed by atoms with Crippen molar-refractivity contribution >= 4 is 11.6 Å². The normalized spacial score (nSPS) is 20.9. The van der Waals surface area contributed by atoms with Crippen molar-refractivity contribution in [3.63, 3.8) is 0 Å². The van der Waals surface area contributed by atoms with E-state index in [2.05, 4.69) is 22.3 Å². The summed E-state index contributed by atoms with van der Waals surface area (Å²) < 4.78 is 0. The highest BCUT2D eigenvalue weighted by Crippen LogP contribution is 2.28. The maximum absolute atomic E-state index is 12.1. The number of nitrogens with one attached hydrogen (secondary N) is 1. The van der Waals surface area contributed by atoms with Gasteiger partial charge < -0.3 is 10.2 Å². The number of hydrogen-bond donors (Lipinski definition) is 1. The van der Waals surface area contributed by atoms with Crippen LogP contribution in [0.4, 0.5) is 5.69 Å². The Kier molecular flexibility index (Phi) is 2.75. The van der Waals surface area contributed by atoms with Crippen molar-refractivity contribution in [3.05, 3.63) is 29.8 Å². The molecule has 90 valence electrons. The number of benzene rings is 1. The molecule has 0 atom stereocenters. The predicted molar refractivity (Wildman–Crippen MR) is 67.7 cm³/mol. The van der Waals surface area contributed by atoms with Gasteiger partial charge in [0.15, 0.2) is 0 Å². The first kappa shape index (κ1) is 10.6. The highest BCUT2D eigenvalue weighted by atomic mass is 16.2. The number of rotatable bonds is 1. The number of fused-ring (bicyclic) bond motifs is 1. The van der Waals surface area contributed by atoms with Gasteiger partial charge in [-0.25, -0.2) is 0 Å².